The van der Waals surface area contributed by atoms with Crippen molar-refractivity contribution in [3.63, 3.8) is 0 Å². The van der Waals surface area contributed by atoms with Crippen molar-refractivity contribution >= 4 is 11.6 Å². The number of ether oxygens (including phenoxy) is 1. The summed E-state index contributed by atoms with van der Waals surface area (Å²) in [5, 5.41) is 8.90. The highest BCUT2D eigenvalue weighted by Crippen LogP contribution is 2.29. The highest BCUT2D eigenvalue weighted by molar-refractivity contribution is 5.62. The molecule has 0 unspecified atom stereocenters. The fourth-order valence-electron chi connectivity index (χ4n) is 1.33. The third kappa shape index (κ3) is 2.47. The predicted molar refractivity (Wildman–Crippen MR) is 58.0 cm³/mol. The molecule has 0 amide bonds. The van der Waals surface area contributed by atoms with Crippen LogP contribution in [0.2, 0.25) is 0 Å². The van der Waals surface area contributed by atoms with Gasteiger partial charge < -0.3 is 20.5 Å². The average Bonchev–Trinajstić information content (AvgIpc) is 2.25. The minimum Gasteiger partial charge on any atom is -0.490 e. The van der Waals surface area contributed by atoms with Crippen molar-refractivity contribution in [2.24, 2.45) is 0 Å². The van der Waals surface area contributed by atoms with Crippen molar-refractivity contribution in [1.29, 1.82) is 0 Å². The molecule has 0 fully saturated rings. The van der Waals surface area contributed by atoms with E-state index in [-0.39, 0.29) is 6.61 Å². The summed E-state index contributed by atoms with van der Waals surface area (Å²) in [5.41, 5.74) is 5.66. The van der Waals surface area contributed by atoms with E-state index in [1.807, 2.05) is 11.8 Å². The second-order valence-electron chi connectivity index (χ2n) is 2.92. The molecule has 0 aliphatic carbocycles. The van der Waals surface area contributed by atoms with Gasteiger partial charge in [0.05, 0.1) is 13.7 Å². The normalized spacial score (nSPS) is 10.1. The first-order valence-corrected chi connectivity index (χ1v) is 4.74. The van der Waals surface area contributed by atoms with Crippen molar-refractivity contribution in [3.8, 4) is 5.75 Å². The van der Waals surface area contributed by atoms with Gasteiger partial charge in [0.25, 0.3) is 0 Å². The van der Waals surface area contributed by atoms with Gasteiger partial charge in [-0.25, -0.2) is 9.97 Å². The lowest BCUT2D eigenvalue weighted by Crippen LogP contribution is -2.27. The standard InChI is InChI=1S/C9H16N4O2/c1-3-13(4-5-14)9-7(15-2)8(10)11-6-12-9/h6,14H,3-5H2,1-2H3,(H2,10,11,12). The molecular formula is C9H16N4O2. The Bertz CT molecular complexity index is 319. The fraction of sp³-hybridized carbons (Fsp3) is 0.556. The molecule has 1 aromatic rings. The van der Waals surface area contributed by atoms with Crippen LogP contribution in [0.3, 0.4) is 0 Å². The van der Waals surface area contributed by atoms with E-state index in [0.29, 0.717) is 30.5 Å². The van der Waals surface area contributed by atoms with Gasteiger partial charge in [0.2, 0.25) is 5.75 Å². The van der Waals surface area contributed by atoms with Crippen LogP contribution in [0, 0.1) is 0 Å². The second-order valence-corrected chi connectivity index (χ2v) is 2.92. The Labute approximate surface area is 88.7 Å². The van der Waals surface area contributed by atoms with Crippen LogP contribution in [0.25, 0.3) is 0 Å². The lowest BCUT2D eigenvalue weighted by atomic mass is 10.4. The number of hydrogen-bond donors (Lipinski definition) is 2. The summed E-state index contributed by atoms with van der Waals surface area (Å²) >= 11 is 0. The molecule has 15 heavy (non-hydrogen) atoms. The molecule has 0 atom stereocenters. The van der Waals surface area contributed by atoms with Gasteiger partial charge in [0.15, 0.2) is 11.6 Å². The van der Waals surface area contributed by atoms with E-state index in [2.05, 4.69) is 9.97 Å². The monoisotopic (exact) mass is 212 g/mol. The van der Waals surface area contributed by atoms with Gasteiger partial charge >= 0.3 is 0 Å². The van der Waals surface area contributed by atoms with Crippen LogP contribution in [0.1, 0.15) is 6.92 Å². The molecule has 6 heteroatoms. The fourth-order valence-corrected chi connectivity index (χ4v) is 1.33. The zero-order valence-corrected chi connectivity index (χ0v) is 8.97. The van der Waals surface area contributed by atoms with Crippen LogP contribution in [0.4, 0.5) is 11.6 Å². The smallest absolute Gasteiger partial charge is 0.204 e. The third-order valence-electron chi connectivity index (χ3n) is 2.07. The highest BCUT2D eigenvalue weighted by Gasteiger charge is 2.14. The zero-order chi connectivity index (χ0) is 11.3. The third-order valence-corrected chi connectivity index (χ3v) is 2.07. The number of rotatable bonds is 5. The van der Waals surface area contributed by atoms with Crippen molar-refractivity contribution in [2.75, 3.05) is 37.4 Å². The Morgan fingerprint density at radius 3 is 2.80 bits per heavy atom. The number of hydrogen-bond acceptors (Lipinski definition) is 6. The van der Waals surface area contributed by atoms with Crippen molar-refractivity contribution in [3.05, 3.63) is 6.33 Å². The summed E-state index contributed by atoms with van der Waals surface area (Å²) in [6.07, 6.45) is 1.38. The summed E-state index contributed by atoms with van der Waals surface area (Å²) in [7, 11) is 1.52. The number of nitrogens with two attached hydrogens (primary N) is 1. The van der Waals surface area contributed by atoms with E-state index in [0.717, 1.165) is 0 Å². The molecule has 3 N–H and O–H groups in total. The Kier molecular flexibility index (Phi) is 4.11. The quantitative estimate of drug-likeness (QED) is 0.708. The average molecular weight is 212 g/mol. The van der Waals surface area contributed by atoms with Crippen LogP contribution in [0.5, 0.6) is 5.75 Å². The lowest BCUT2D eigenvalue weighted by Gasteiger charge is -2.22. The van der Waals surface area contributed by atoms with E-state index in [1.165, 1.54) is 13.4 Å². The van der Waals surface area contributed by atoms with E-state index in [1.54, 1.807) is 0 Å². The minimum absolute atomic E-state index is 0.0565. The lowest BCUT2D eigenvalue weighted by molar-refractivity contribution is 0.301. The Morgan fingerprint density at radius 2 is 2.27 bits per heavy atom. The first-order valence-electron chi connectivity index (χ1n) is 4.74. The number of aliphatic hydroxyl groups is 1. The summed E-state index contributed by atoms with van der Waals surface area (Å²) in [4.78, 5) is 9.81. The van der Waals surface area contributed by atoms with Crippen LogP contribution in [0.15, 0.2) is 6.33 Å². The summed E-state index contributed by atoms with van der Waals surface area (Å²) in [5.74, 6) is 1.37. The second kappa shape index (κ2) is 5.35. The first-order chi connectivity index (χ1) is 7.24. The topological polar surface area (TPSA) is 84.5 Å². The SMILES string of the molecule is CCN(CCO)c1ncnc(N)c1OC. The largest absolute Gasteiger partial charge is 0.490 e. The van der Waals surface area contributed by atoms with Gasteiger partial charge in [0, 0.05) is 13.1 Å². The van der Waals surface area contributed by atoms with E-state index in [4.69, 9.17) is 15.6 Å². The Hall–Kier alpha value is -1.56. The number of aromatic nitrogens is 2. The number of aliphatic hydroxyl groups excluding tert-OH is 1. The van der Waals surface area contributed by atoms with Gasteiger partial charge in [-0.15, -0.1) is 0 Å². The maximum atomic E-state index is 8.90. The van der Waals surface area contributed by atoms with Crippen molar-refractivity contribution in [1.82, 2.24) is 9.97 Å². The van der Waals surface area contributed by atoms with Gasteiger partial charge in [-0.2, -0.15) is 0 Å². The summed E-state index contributed by atoms with van der Waals surface area (Å²) in [6, 6.07) is 0. The molecule has 0 aliphatic rings. The van der Waals surface area contributed by atoms with Crippen molar-refractivity contribution < 1.29 is 9.84 Å². The molecule has 1 aromatic heterocycles. The molecule has 0 aliphatic heterocycles. The summed E-state index contributed by atoms with van der Waals surface area (Å²) < 4.78 is 5.13. The molecule has 1 rings (SSSR count). The predicted octanol–water partition coefficient (Wildman–Crippen LogP) is -0.114. The van der Waals surface area contributed by atoms with Crippen molar-refractivity contribution in [2.45, 2.75) is 6.92 Å². The number of likely N-dealkylation sites (N-methyl/N-ethyl adjacent to an activating group) is 1. The zero-order valence-electron chi connectivity index (χ0n) is 8.97. The minimum atomic E-state index is 0.0565. The van der Waals surface area contributed by atoms with Crippen LogP contribution >= 0.6 is 0 Å². The van der Waals surface area contributed by atoms with Gasteiger partial charge in [-0.3, -0.25) is 0 Å². The highest BCUT2D eigenvalue weighted by atomic mass is 16.5. The van der Waals surface area contributed by atoms with E-state index < -0.39 is 0 Å². The molecular weight excluding hydrogens is 196 g/mol. The molecule has 6 nitrogen and oxygen atoms in total. The number of nitrogens with zero attached hydrogens (tertiary/aromatic N) is 3. The van der Waals surface area contributed by atoms with Crippen LogP contribution in [-0.4, -0.2) is 41.9 Å². The molecule has 0 saturated heterocycles. The number of nitrogen functional groups attached to an aromatic ring is 1. The van der Waals surface area contributed by atoms with Crippen LogP contribution < -0.4 is 15.4 Å². The Morgan fingerprint density at radius 1 is 1.53 bits per heavy atom. The van der Waals surface area contributed by atoms with E-state index in [9.17, 15) is 0 Å². The number of methoxy groups -OCH3 is 1. The van der Waals surface area contributed by atoms with Gasteiger partial charge in [-0.1, -0.05) is 0 Å². The molecule has 84 valence electrons. The van der Waals surface area contributed by atoms with Crippen LogP contribution in [-0.2, 0) is 0 Å². The molecule has 0 bridgehead atoms. The molecule has 0 aromatic carbocycles. The molecule has 0 radical (unpaired) electrons. The molecule has 0 saturated carbocycles. The maximum Gasteiger partial charge on any atom is 0.204 e. The number of anilines is 2. The van der Waals surface area contributed by atoms with E-state index >= 15 is 0 Å². The first kappa shape index (κ1) is 11.5. The summed E-state index contributed by atoms with van der Waals surface area (Å²) in [6.45, 7) is 3.23. The molecule has 0 spiro atoms. The Balaban J connectivity index is 3.04. The maximum absolute atomic E-state index is 8.90. The van der Waals surface area contributed by atoms with Gasteiger partial charge in [-0.05, 0) is 6.92 Å². The van der Waals surface area contributed by atoms with Gasteiger partial charge in [0.1, 0.15) is 6.33 Å². The molecule has 1 heterocycles.